The molecule has 0 fully saturated rings. The highest BCUT2D eigenvalue weighted by Gasteiger charge is 2.02. The molecular weight excluding hydrogens is 242 g/mol. The average Bonchev–Trinajstić information content (AvgIpc) is 2.08. The first kappa shape index (κ1) is 14.2. The summed E-state index contributed by atoms with van der Waals surface area (Å²) in [4.78, 5) is 0. The molecule has 0 atom stereocenters. The Kier molecular flexibility index (Phi) is 7.52. The van der Waals surface area contributed by atoms with Crippen LogP contribution in [0.15, 0.2) is 0 Å². The van der Waals surface area contributed by atoms with Crippen LogP contribution in [0.4, 0.5) is 0 Å². The smallest absolute Gasteiger partial charge is 0.264 e. The highest BCUT2D eigenvalue weighted by molar-refractivity contribution is 8.22. The highest BCUT2D eigenvalue weighted by Crippen LogP contribution is 1.99. The lowest BCUT2D eigenvalue weighted by atomic mass is 10.2. The van der Waals surface area contributed by atoms with Gasteiger partial charge >= 0.3 is 0 Å². The van der Waals surface area contributed by atoms with Gasteiger partial charge in [-0.15, -0.1) is 11.8 Å². The van der Waals surface area contributed by atoms with Gasteiger partial charge in [0.25, 0.3) is 10.1 Å². The van der Waals surface area contributed by atoms with Gasteiger partial charge in [-0.05, 0) is 19.1 Å². The van der Waals surface area contributed by atoms with Crippen molar-refractivity contribution in [3.05, 3.63) is 0 Å². The summed E-state index contributed by atoms with van der Waals surface area (Å²) in [5, 5.41) is 3.01. The van der Waals surface area contributed by atoms with Gasteiger partial charge in [-0.1, -0.05) is 18.6 Å². The maximum absolute atomic E-state index is 10.3. The Morgan fingerprint density at radius 3 is 2.57 bits per heavy atom. The van der Waals surface area contributed by atoms with Crippen LogP contribution in [-0.2, 0) is 10.1 Å². The van der Waals surface area contributed by atoms with Crippen LogP contribution in [0.25, 0.3) is 0 Å². The second-order valence-electron chi connectivity index (χ2n) is 2.77. The van der Waals surface area contributed by atoms with Crippen molar-refractivity contribution >= 4 is 38.4 Å². The van der Waals surface area contributed by atoms with Gasteiger partial charge in [-0.2, -0.15) is 8.42 Å². The zero-order valence-electron chi connectivity index (χ0n) is 8.02. The van der Waals surface area contributed by atoms with Crippen molar-refractivity contribution < 1.29 is 13.0 Å². The van der Waals surface area contributed by atoms with Gasteiger partial charge in [0.1, 0.15) is 4.32 Å². The van der Waals surface area contributed by atoms with E-state index < -0.39 is 10.1 Å². The van der Waals surface area contributed by atoms with E-state index in [1.165, 1.54) is 11.8 Å². The van der Waals surface area contributed by atoms with Gasteiger partial charge in [0, 0.05) is 6.54 Å². The number of unbranched alkanes of at least 4 members (excludes halogenated alkanes) is 2. The van der Waals surface area contributed by atoms with Crippen molar-refractivity contribution in [2.45, 2.75) is 19.3 Å². The third kappa shape index (κ3) is 10.2. The maximum atomic E-state index is 10.3. The molecule has 2 N–H and O–H groups in total. The second kappa shape index (κ2) is 7.44. The van der Waals surface area contributed by atoms with E-state index in [9.17, 15) is 8.42 Å². The van der Waals surface area contributed by atoms with Crippen molar-refractivity contribution in [1.82, 2.24) is 5.32 Å². The third-order valence-electron chi connectivity index (χ3n) is 1.53. The topological polar surface area (TPSA) is 66.4 Å². The number of hydrogen-bond acceptors (Lipinski definition) is 4. The van der Waals surface area contributed by atoms with Crippen LogP contribution in [0.3, 0.4) is 0 Å². The lowest BCUT2D eigenvalue weighted by Gasteiger charge is -2.04. The van der Waals surface area contributed by atoms with Crippen molar-refractivity contribution in [1.29, 1.82) is 0 Å². The molecule has 84 valence electrons. The van der Waals surface area contributed by atoms with Crippen LogP contribution in [-0.4, -0.2) is 35.8 Å². The van der Waals surface area contributed by atoms with Crippen LogP contribution in [0.2, 0.25) is 0 Å². The summed E-state index contributed by atoms with van der Waals surface area (Å²) in [5.74, 6) is -0.153. The van der Waals surface area contributed by atoms with Crippen molar-refractivity contribution in [2.75, 3.05) is 18.6 Å². The van der Waals surface area contributed by atoms with Gasteiger partial charge in [0.15, 0.2) is 0 Å². The Bertz CT molecular complexity index is 263. The zero-order valence-corrected chi connectivity index (χ0v) is 10.5. The molecule has 0 saturated carbocycles. The van der Waals surface area contributed by atoms with Gasteiger partial charge < -0.3 is 5.32 Å². The molecule has 0 aromatic rings. The van der Waals surface area contributed by atoms with Crippen LogP contribution in [0.1, 0.15) is 19.3 Å². The molecule has 0 spiro atoms. The predicted molar refractivity (Wildman–Crippen MR) is 64.4 cm³/mol. The lowest BCUT2D eigenvalue weighted by molar-refractivity contribution is 0.479. The van der Waals surface area contributed by atoms with E-state index in [-0.39, 0.29) is 5.75 Å². The molecule has 4 nitrogen and oxygen atoms in total. The van der Waals surface area contributed by atoms with Gasteiger partial charge in [0.2, 0.25) is 0 Å². The Hall–Kier alpha value is 0.150. The molecule has 0 bridgehead atoms. The first-order chi connectivity index (χ1) is 6.45. The summed E-state index contributed by atoms with van der Waals surface area (Å²) in [7, 11) is -3.78. The molecule has 0 saturated heterocycles. The SMILES string of the molecule is CSC(=S)NCCCCCS(=O)(=O)O. The second-order valence-corrected chi connectivity index (χ2v) is 5.82. The summed E-state index contributed by atoms with van der Waals surface area (Å²) >= 11 is 6.39. The molecule has 7 heteroatoms. The van der Waals surface area contributed by atoms with E-state index in [0.29, 0.717) is 6.42 Å². The Morgan fingerprint density at radius 2 is 2.07 bits per heavy atom. The predicted octanol–water partition coefficient (Wildman–Crippen LogP) is 1.28. The maximum Gasteiger partial charge on any atom is 0.264 e. The van der Waals surface area contributed by atoms with E-state index in [0.717, 1.165) is 23.7 Å². The minimum atomic E-state index is -3.78. The van der Waals surface area contributed by atoms with Crippen LogP contribution in [0, 0.1) is 0 Å². The molecule has 0 aliphatic rings. The molecular formula is C7H15NO3S3. The first-order valence-electron chi connectivity index (χ1n) is 4.22. The first-order valence-corrected chi connectivity index (χ1v) is 7.47. The van der Waals surface area contributed by atoms with Gasteiger partial charge in [-0.25, -0.2) is 0 Å². The summed E-state index contributed by atoms with van der Waals surface area (Å²) < 4.78 is 29.9. The standard InChI is InChI=1S/C7H15NO3S3/c1-13-7(12)8-5-3-2-4-6-14(9,10)11/h2-6H2,1H3,(H,8,12)(H,9,10,11). The van der Waals surface area contributed by atoms with Gasteiger partial charge in [0.05, 0.1) is 5.75 Å². The largest absolute Gasteiger partial charge is 0.371 e. The molecule has 0 unspecified atom stereocenters. The van der Waals surface area contributed by atoms with E-state index in [4.69, 9.17) is 16.8 Å². The monoisotopic (exact) mass is 257 g/mol. The fourth-order valence-electron chi connectivity index (χ4n) is 0.849. The molecule has 0 heterocycles. The molecule has 0 amide bonds. The number of nitrogens with one attached hydrogen (secondary N) is 1. The molecule has 14 heavy (non-hydrogen) atoms. The Labute approximate surface area is 94.6 Å². The van der Waals surface area contributed by atoms with E-state index in [1.807, 2.05) is 6.26 Å². The van der Waals surface area contributed by atoms with Crippen LogP contribution >= 0.6 is 24.0 Å². The minimum Gasteiger partial charge on any atom is -0.371 e. The Morgan fingerprint density at radius 1 is 1.43 bits per heavy atom. The molecule has 0 aromatic carbocycles. The van der Waals surface area contributed by atoms with E-state index in [1.54, 1.807) is 0 Å². The quantitative estimate of drug-likeness (QED) is 0.424. The Balaban J connectivity index is 3.27. The highest BCUT2D eigenvalue weighted by atomic mass is 32.2. The number of hydrogen-bond donors (Lipinski definition) is 2. The number of rotatable bonds is 6. The fourth-order valence-corrected chi connectivity index (χ4v) is 1.77. The zero-order chi connectivity index (χ0) is 11.0. The molecule has 0 rings (SSSR count). The summed E-state index contributed by atoms with van der Waals surface area (Å²) in [6.07, 6.45) is 4.01. The molecule has 0 aromatic heterocycles. The summed E-state index contributed by atoms with van der Waals surface area (Å²) in [6, 6.07) is 0. The van der Waals surface area contributed by atoms with Crippen LogP contribution < -0.4 is 5.32 Å². The number of thioether (sulfide) groups is 1. The average molecular weight is 257 g/mol. The third-order valence-corrected chi connectivity index (χ3v) is 3.50. The van der Waals surface area contributed by atoms with E-state index >= 15 is 0 Å². The summed E-state index contributed by atoms with van der Waals surface area (Å²) in [5.41, 5.74) is 0. The lowest BCUT2D eigenvalue weighted by Crippen LogP contribution is -2.19. The summed E-state index contributed by atoms with van der Waals surface area (Å²) in [6.45, 7) is 0.755. The van der Waals surface area contributed by atoms with Crippen molar-refractivity contribution in [3.63, 3.8) is 0 Å². The van der Waals surface area contributed by atoms with Crippen molar-refractivity contribution in [2.24, 2.45) is 0 Å². The fraction of sp³-hybridized carbons (Fsp3) is 0.857. The van der Waals surface area contributed by atoms with E-state index in [2.05, 4.69) is 5.32 Å². The van der Waals surface area contributed by atoms with Crippen LogP contribution in [0.5, 0.6) is 0 Å². The molecule has 0 aliphatic carbocycles. The van der Waals surface area contributed by atoms with Gasteiger partial charge in [-0.3, -0.25) is 4.55 Å². The molecule has 0 radical (unpaired) electrons. The van der Waals surface area contributed by atoms with Crippen molar-refractivity contribution in [3.8, 4) is 0 Å². The minimum absolute atomic E-state index is 0.153. The number of thiocarbonyl (C=S) groups is 1. The molecule has 0 aliphatic heterocycles. The normalized spacial score (nSPS) is 11.3.